The van der Waals surface area contributed by atoms with Gasteiger partial charge >= 0.3 is 0 Å². The highest BCUT2D eigenvalue weighted by Crippen LogP contribution is 2.12. The molecule has 0 radical (unpaired) electrons. The van der Waals surface area contributed by atoms with Gasteiger partial charge in [0.25, 0.3) is 0 Å². The summed E-state index contributed by atoms with van der Waals surface area (Å²) in [5, 5.41) is 6.91. The first-order valence-electron chi connectivity index (χ1n) is 3.89. The van der Waals surface area contributed by atoms with Crippen molar-refractivity contribution in [2.75, 3.05) is 11.5 Å². The number of nitrogens with two attached hydrogens (primary N) is 2. The molecule has 0 saturated carbocycles. The van der Waals surface area contributed by atoms with Crippen molar-refractivity contribution in [3.8, 4) is 0 Å². The summed E-state index contributed by atoms with van der Waals surface area (Å²) in [5.41, 5.74) is 12.8. The van der Waals surface area contributed by atoms with Crippen LogP contribution in [0.1, 0.15) is 19.4 Å². The van der Waals surface area contributed by atoms with Gasteiger partial charge in [-0.1, -0.05) is 13.8 Å². The number of hydrogen-bond acceptors (Lipinski definition) is 3. The van der Waals surface area contributed by atoms with E-state index >= 15 is 0 Å². The molecule has 0 spiro atoms. The van der Waals surface area contributed by atoms with Crippen LogP contribution in [0.2, 0.25) is 0 Å². The Kier molecular flexibility index (Phi) is 4.53. The van der Waals surface area contributed by atoms with Gasteiger partial charge in [-0.05, 0) is 18.2 Å². The largest absolute Gasteiger partial charge is 0.399 e. The van der Waals surface area contributed by atoms with E-state index in [2.05, 4.69) is 0 Å². The first kappa shape index (κ1) is 10.5. The van der Waals surface area contributed by atoms with Gasteiger partial charge in [0.15, 0.2) is 0 Å². The molecule has 0 aliphatic rings. The molecule has 0 aliphatic heterocycles. The lowest BCUT2D eigenvalue weighted by Crippen LogP contribution is -1.94. The van der Waals surface area contributed by atoms with Gasteiger partial charge < -0.3 is 16.9 Å². The van der Waals surface area contributed by atoms with Crippen molar-refractivity contribution in [1.82, 2.24) is 0 Å². The molecule has 1 aromatic rings. The molecule has 3 nitrogen and oxygen atoms in total. The molecular weight excluding hydrogens is 150 g/mol. The van der Waals surface area contributed by atoms with E-state index in [0.717, 1.165) is 0 Å². The summed E-state index contributed by atoms with van der Waals surface area (Å²) in [6.07, 6.45) is 1.20. The Morgan fingerprint density at radius 2 is 1.83 bits per heavy atom. The van der Waals surface area contributed by atoms with Gasteiger partial charge in [-0.25, -0.2) is 0 Å². The van der Waals surface area contributed by atoms with E-state index in [9.17, 15) is 0 Å². The fourth-order valence-electron chi connectivity index (χ4n) is 0.725. The molecule has 0 unspecified atom stereocenters. The van der Waals surface area contributed by atoms with Gasteiger partial charge in [0, 0.05) is 23.2 Å². The molecule has 0 amide bonds. The molecule has 0 atom stereocenters. The Bertz CT molecular complexity index is 256. The Balaban J connectivity index is 0.000000561. The predicted octanol–water partition coefficient (Wildman–Crippen LogP) is 1.87. The highest BCUT2D eigenvalue weighted by Gasteiger charge is 1.93. The monoisotopic (exact) mass is 165 g/mol. The minimum atomic E-state index is 0.551. The summed E-state index contributed by atoms with van der Waals surface area (Å²) in [6.45, 7) is 4.00. The van der Waals surface area contributed by atoms with Crippen LogP contribution in [0.15, 0.2) is 18.2 Å². The molecule has 0 saturated heterocycles. The average Bonchev–Trinajstić information content (AvgIpc) is 2.08. The lowest BCUT2D eigenvalue weighted by molar-refractivity contribution is 1.50. The quantitative estimate of drug-likeness (QED) is 0.439. The van der Waals surface area contributed by atoms with Gasteiger partial charge in [-0.15, -0.1) is 0 Å². The van der Waals surface area contributed by atoms with E-state index in [1.807, 2.05) is 13.8 Å². The second-order valence-electron chi connectivity index (χ2n) is 2.03. The zero-order valence-electron chi connectivity index (χ0n) is 7.46. The van der Waals surface area contributed by atoms with Crippen molar-refractivity contribution < 1.29 is 0 Å². The van der Waals surface area contributed by atoms with E-state index in [-0.39, 0.29) is 0 Å². The highest BCUT2D eigenvalue weighted by molar-refractivity contribution is 5.85. The molecule has 3 heteroatoms. The first-order chi connectivity index (χ1) is 5.74. The number of benzene rings is 1. The number of anilines is 2. The minimum absolute atomic E-state index is 0.551. The van der Waals surface area contributed by atoms with Gasteiger partial charge in [0.2, 0.25) is 0 Å². The zero-order valence-corrected chi connectivity index (χ0v) is 7.46. The van der Waals surface area contributed by atoms with E-state index in [0.29, 0.717) is 16.9 Å². The topological polar surface area (TPSA) is 75.9 Å². The number of nitrogens with one attached hydrogen (secondary N) is 1. The zero-order chi connectivity index (χ0) is 9.56. The van der Waals surface area contributed by atoms with Crippen LogP contribution in [0.25, 0.3) is 0 Å². The van der Waals surface area contributed by atoms with Gasteiger partial charge in [-0.2, -0.15) is 0 Å². The summed E-state index contributed by atoms with van der Waals surface area (Å²) in [7, 11) is 0. The molecule has 12 heavy (non-hydrogen) atoms. The summed E-state index contributed by atoms with van der Waals surface area (Å²) in [6, 6.07) is 5.08. The Labute approximate surface area is 72.9 Å². The summed E-state index contributed by atoms with van der Waals surface area (Å²) < 4.78 is 0. The standard InChI is InChI=1S/C7H9N3.C2H6/c8-4-5-1-2-6(9)3-7(5)10;1-2/h1-4,8H,9-10H2;1-2H3. The molecule has 0 bridgehead atoms. The summed E-state index contributed by atoms with van der Waals surface area (Å²) in [4.78, 5) is 0. The predicted molar refractivity (Wildman–Crippen MR) is 54.5 cm³/mol. The summed E-state index contributed by atoms with van der Waals surface area (Å²) in [5.74, 6) is 0. The van der Waals surface area contributed by atoms with Crippen LogP contribution in [-0.4, -0.2) is 6.21 Å². The fraction of sp³-hybridized carbons (Fsp3) is 0.222. The maximum Gasteiger partial charge on any atom is 0.0423 e. The maximum absolute atomic E-state index is 6.91. The van der Waals surface area contributed by atoms with Crippen LogP contribution in [0.5, 0.6) is 0 Å². The Hall–Kier alpha value is -1.51. The maximum atomic E-state index is 6.91. The highest BCUT2D eigenvalue weighted by atomic mass is 14.6. The minimum Gasteiger partial charge on any atom is -0.399 e. The molecule has 0 heterocycles. The van der Waals surface area contributed by atoms with E-state index in [4.69, 9.17) is 16.9 Å². The van der Waals surface area contributed by atoms with Crippen molar-refractivity contribution in [2.45, 2.75) is 13.8 Å². The fourth-order valence-corrected chi connectivity index (χ4v) is 0.725. The smallest absolute Gasteiger partial charge is 0.0423 e. The van der Waals surface area contributed by atoms with E-state index in [1.165, 1.54) is 6.21 Å². The van der Waals surface area contributed by atoms with Crippen LogP contribution < -0.4 is 11.5 Å². The summed E-state index contributed by atoms with van der Waals surface area (Å²) >= 11 is 0. The average molecular weight is 165 g/mol. The third kappa shape index (κ3) is 2.62. The SMILES string of the molecule is CC.N=Cc1ccc(N)cc1N. The molecule has 0 aliphatic carbocycles. The van der Waals surface area contributed by atoms with Gasteiger partial charge in [0.05, 0.1) is 0 Å². The molecule has 1 rings (SSSR count). The Morgan fingerprint density at radius 1 is 1.25 bits per heavy atom. The third-order valence-electron chi connectivity index (χ3n) is 1.27. The lowest BCUT2D eigenvalue weighted by Gasteiger charge is -1.98. The first-order valence-corrected chi connectivity index (χ1v) is 3.89. The molecular formula is C9H15N3. The third-order valence-corrected chi connectivity index (χ3v) is 1.27. The van der Waals surface area contributed by atoms with Crippen molar-refractivity contribution >= 4 is 17.6 Å². The number of nitrogen functional groups attached to an aromatic ring is 2. The van der Waals surface area contributed by atoms with Crippen molar-refractivity contribution in [3.63, 3.8) is 0 Å². The van der Waals surface area contributed by atoms with Gasteiger partial charge in [0.1, 0.15) is 0 Å². The van der Waals surface area contributed by atoms with Crippen molar-refractivity contribution in [2.24, 2.45) is 0 Å². The van der Waals surface area contributed by atoms with Crippen LogP contribution in [0.4, 0.5) is 11.4 Å². The normalized spacial score (nSPS) is 8.17. The van der Waals surface area contributed by atoms with E-state index < -0.39 is 0 Å². The van der Waals surface area contributed by atoms with Crippen LogP contribution >= 0.6 is 0 Å². The number of hydrogen-bond donors (Lipinski definition) is 3. The molecule has 66 valence electrons. The van der Waals surface area contributed by atoms with Gasteiger partial charge in [-0.3, -0.25) is 0 Å². The Morgan fingerprint density at radius 3 is 2.25 bits per heavy atom. The molecule has 0 fully saturated rings. The van der Waals surface area contributed by atoms with Crippen LogP contribution in [-0.2, 0) is 0 Å². The molecule has 5 N–H and O–H groups in total. The van der Waals surface area contributed by atoms with E-state index in [1.54, 1.807) is 18.2 Å². The van der Waals surface area contributed by atoms with Crippen LogP contribution in [0, 0.1) is 5.41 Å². The lowest BCUT2D eigenvalue weighted by atomic mass is 10.2. The van der Waals surface area contributed by atoms with Crippen LogP contribution in [0.3, 0.4) is 0 Å². The second-order valence-corrected chi connectivity index (χ2v) is 2.03. The molecule has 1 aromatic carbocycles. The number of rotatable bonds is 1. The van der Waals surface area contributed by atoms with Crippen molar-refractivity contribution in [3.05, 3.63) is 23.8 Å². The van der Waals surface area contributed by atoms with Crippen molar-refractivity contribution in [1.29, 1.82) is 5.41 Å². The molecule has 0 aromatic heterocycles. The second kappa shape index (κ2) is 5.18.